The van der Waals surface area contributed by atoms with Gasteiger partial charge in [-0.05, 0) is 48.9 Å². The first-order valence-corrected chi connectivity index (χ1v) is 6.77. The Morgan fingerprint density at radius 3 is 2.48 bits per heavy atom. The van der Waals surface area contributed by atoms with Gasteiger partial charge in [0.25, 0.3) is 5.91 Å². The summed E-state index contributed by atoms with van der Waals surface area (Å²) in [6, 6.07) is 8.32. The van der Waals surface area contributed by atoms with Gasteiger partial charge in [0.1, 0.15) is 5.82 Å². The highest BCUT2D eigenvalue weighted by Gasteiger charge is 2.11. The molecule has 0 atom stereocenters. The number of nitrogens with one attached hydrogen (secondary N) is 1. The predicted molar refractivity (Wildman–Crippen MR) is 80.2 cm³/mol. The van der Waals surface area contributed by atoms with Crippen molar-refractivity contribution in [2.45, 2.75) is 6.92 Å². The average Bonchev–Trinajstić information content (AvgIpc) is 2.37. The molecule has 0 saturated carbocycles. The molecule has 1 amide bonds. The maximum absolute atomic E-state index is 13.3. The minimum absolute atomic E-state index is 0.168. The van der Waals surface area contributed by atoms with Crippen molar-refractivity contribution in [2.75, 3.05) is 5.32 Å². The minimum atomic E-state index is -1.03. The molecular formula is C15H11BrFNO3. The van der Waals surface area contributed by atoms with Gasteiger partial charge in [0.05, 0.1) is 5.56 Å². The SMILES string of the molecule is Cc1cc(NC(=O)c2cc(F)cc(Br)c2)ccc1C(=O)O. The van der Waals surface area contributed by atoms with Crippen LogP contribution in [0.1, 0.15) is 26.3 Å². The van der Waals surface area contributed by atoms with E-state index in [0.717, 1.165) is 6.07 Å². The van der Waals surface area contributed by atoms with E-state index in [9.17, 15) is 14.0 Å². The first-order valence-electron chi connectivity index (χ1n) is 5.98. The normalized spacial score (nSPS) is 10.2. The van der Waals surface area contributed by atoms with Gasteiger partial charge in [-0.1, -0.05) is 15.9 Å². The Morgan fingerprint density at radius 1 is 1.19 bits per heavy atom. The smallest absolute Gasteiger partial charge is 0.335 e. The number of aryl methyl sites for hydroxylation is 1. The van der Waals surface area contributed by atoms with Crippen LogP contribution in [0.3, 0.4) is 0 Å². The van der Waals surface area contributed by atoms with Gasteiger partial charge in [0.15, 0.2) is 0 Å². The van der Waals surface area contributed by atoms with Crippen molar-refractivity contribution >= 4 is 33.5 Å². The van der Waals surface area contributed by atoms with Crippen molar-refractivity contribution in [1.82, 2.24) is 0 Å². The van der Waals surface area contributed by atoms with Crippen LogP contribution in [0, 0.1) is 12.7 Å². The molecule has 6 heteroatoms. The number of carbonyl (C=O) groups is 2. The van der Waals surface area contributed by atoms with E-state index in [-0.39, 0.29) is 11.1 Å². The fraction of sp³-hybridized carbons (Fsp3) is 0.0667. The van der Waals surface area contributed by atoms with Gasteiger partial charge in [-0.2, -0.15) is 0 Å². The van der Waals surface area contributed by atoms with Crippen LogP contribution in [0.4, 0.5) is 10.1 Å². The molecule has 0 aliphatic carbocycles. The van der Waals surface area contributed by atoms with Gasteiger partial charge in [-0.15, -0.1) is 0 Å². The lowest BCUT2D eigenvalue weighted by Gasteiger charge is -2.08. The lowest BCUT2D eigenvalue weighted by Crippen LogP contribution is -2.12. The molecule has 0 aromatic heterocycles. The number of aromatic carboxylic acids is 1. The number of carbonyl (C=O) groups excluding carboxylic acids is 1. The highest BCUT2D eigenvalue weighted by atomic mass is 79.9. The van der Waals surface area contributed by atoms with Crippen LogP contribution in [0.5, 0.6) is 0 Å². The summed E-state index contributed by atoms with van der Waals surface area (Å²) < 4.78 is 13.7. The molecule has 0 bridgehead atoms. The predicted octanol–water partition coefficient (Wildman–Crippen LogP) is 3.85. The summed E-state index contributed by atoms with van der Waals surface area (Å²) in [5.74, 6) is -2.02. The third-order valence-electron chi connectivity index (χ3n) is 2.84. The quantitative estimate of drug-likeness (QED) is 0.882. The summed E-state index contributed by atoms with van der Waals surface area (Å²) >= 11 is 3.12. The molecule has 0 aliphatic rings. The molecule has 0 fully saturated rings. The number of rotatable bonds is 3. The zero-order chi connectivity index (χ0) is 15.6. The number of carboxylic acid groups (broad SMARTS) is 1. The standard InChI is InChI=1S/C15H11BrFNO3/c1-8-4-12(2-3-13(8)15(20)21)18-14(19)9-5-10(16)7-11(17)6-9/h2-7H,1H3,(H,18,19)(H,20,21). The average molecular weight is 352 g/mol. The molecule has 2 aromatic carbocycles. The first kappa shape index (κ1) is 15.2. The topological polar surface area (TPSA) is 66.4 Å². The van der Waals surface area contributed by atoms with E-state index in [1.54, 1.807) is 13.0 Å². The van der Waals surface area contributed by atoms with E-state index in [1.165, 1.54) is 24.3 Å². The number of hydrogen-bond acceptors (Lipinski definition) is 2. The Hall–Kier alpha value is -2.21. The van der Waals surface area contributed by atoms with E-state index >= 15 is 0 Å². The molecule has 0 heterocycles. The molecule has 0 radical (unpaired) electrons. The molecule has 108 valence electrons. The summed E-state index contributed by atoms with van der Waals surface area (Å²) in [5, 5.41) is 11.5. The Kier molecular flexibility index (Phi) is 4.37. The van der Waals surface area contributed by atoms with Crippen molar-refractivity contribution in [3.8, 4) is 0 Å². The van der Waals surface area contributed by atoms with Crippen molar-refractivity contribution in [3.63, 3.8) is 0 Å². The van der Waals surface area contributed by atoms with Gasteiger partial charge in [0, 0.05) is 15.7 Å². The van der Waals surface area contributed by atoms with Crippen LogP contribution in [0.2, 0.25) is 0 Å². The first-order chi connectivity index (χ1) is 9.86. The summed E-state index contributed by atoms with van der Waals surface area (Å²) in [5.41, 5.74) is 1.31. The van der Waals surface area contributed by atoms with Gasteiger partial charge >= 0.3 is 5.97 Å². The van der Waals surface area contributed by atoms with Crippen LogP contribution in [0.25, 0.3) is 0 Å². The number of hydrogen-bond donors (Lipinski definition) is 2. The molecular weight excluding hydrogens is 341 g/mol. The van der Waals surface area contributed by atoms with Gasteiger partial charge < -0.3 is 10.4 Å². The van der Waals surface area contributed by atoms with Gasteiger partial charge in [0.2, 0.25) is 0 Å². The highest BCUT2D eigenvalue weighted by Crippen LogP contribution is 2.18. The number of anilines is 1. The van der Waals surface area contributed by atoms with Gasteiger partial charge in [-0.3, -0.25) is 4.79 Å². The Labute approximate surface area is 128 Å². The van der Waals surface area contributed by atoms with Crippen molar-refractivity contribution < 1.29 is 19.1 Å². The monoisotopic (exact) mass is 351 g/mol. The zero-order valence-electron chi connectivity index (χ0n) is 11.0. The van der Waals surface area contributed by atoms with Gasteiger partial charge in [-0.25, -0.2) is 9.18 Å². The molecule has 2 aromatic rings. The van der Waals surface area contributed by atoms with Crippen LogP contribution in [0.15, 0.2) is 40.9 Å². The second-order valence-electron chi connectivity index (χ2n) is 4.45. The summed E-state index contributed by atoms with van der Waals surface area (Å²) in [6.45, 7) is 1.64. The third-order valence-corrected chi connectivity index (χ3v) is 3.30. The van der Waals surface area contributed by atoms with Crippen LogP contribution >= 0.6 is 15.9 Å². The highest BCUT2D eigenvalue weighted by molar-refractivity contribution is 9.10. The summed E-state index contributed by atoms with van der Waals surface area (Å²) in [4.78, 5) is 23.0. The molecule has 21 heavy (non-hydrogen) atoms. The van der Waals surface area contributed by atoms with E-state index in [0.29, 0.717) is 15.7 Å². The largest absolute Gasteiger partial charge is 0.478 e. The fourth-order valence-electron chi connectivity index (χ4n) is 1.87. The Balaban J connectivity index is 2.23. The fourth-order valence-corrected chi connectivity index (χ4v) is 2.33. The number of amides is 1. The Morgan fingerprint density at radius 2 is 1.90 bits per heavy atom. The molecule has 0 aliphatic heterocycles. The lowest BCUT2D eigenvalue weighted by atomic mass is 10.1. The number of benzene rings is 2. The zero-order valence-corrected chi connectivity index (χ0v) is 12.6. The maximum Gasteiger partial charge on any atom is 0.335 e. The van der Waals surface area contributed by atoms with Crippen LogP contribution in [-0.2, 0) is 0 Å². The summed E-state index contributed by atoms with van der Waals surface area (Å²) in [7, 11) is 0. The van der Waals surface area contributed by atoms with Crippen molar-refractivity contribution in [2.24, 2.45) is 0 Å². The summed E-state index contributed by atoms with van der Waals surface area (Å²) in [6.07, 6.45) is 0. The van der Waals surface area contributed by atoms with Crippen molar-refractivity contribution in [1.29, 1.82) is 0 Å². The van der Waals surface area contributed by atoms with Crippen LogP contribution in [-0.4, -0.2) is 17.0 Å². The third kappa shape index (κ3) is 3.66. The van der Waals surface area contributed by atoms with Crippen molar-refractivity contribution in [3.05, 3.63) is 63.4 Å². The number of carboxylic acids is 1. The second kappa shape index (κ2) is 6.05. The lowest BCUT2D eigenvalue weighted by molar-refractivity contribution is 0.0696. The van der Waals surface area contributed by atoms with E-state index in [2.05, 4.69) is 21.2 Å². The second-order valence-corrected chi connectivity index (χ2v) is 5.36. The molecule has 0 unspecified atom stereocenters. The molecule has 2 N–H and O–H groups in total. The van der Waals surface area contributed by atoms with E-state index in [1.807, 2.05) is 0 Å². The van der Waals surface area contributed by atoms with Crippen LogP contribution < -0.4 is 5.32 Å². The van der Waals surface area contributed by atoms with E-state index < -0.39 is 17.7 Å². The molecule has 0 saturated heterocycles. The minimum Gasteiger partial charge on any atom is -0.478 e. The molecule has 4 nitrogen and oxygen atoms in total. The molecule has 0 spiro atoms. The Bertz CT molecular complexity index is 711. The van der Waals surface area contributed by atoms with E-state index in [4.69, 9.17) is 5.11 Å². The maximum atomic E-state index is 13.3. The molecule has 2 rings (SSSR count). The number of halogens is 2.